The van der Waals surface area contributed by atoms with E-state index in [4.69, 9.17) is 15.0 Å². The molecule has 0 radical (unpaired) electrons. The lowest BCUT2D eigenvalue weighted by molar-refractivity contribution is 0.660. The summed E-state index contributed by atoms with van der Waals surface area (Å²) in [5.41, 5.74) is 10.4. The third-order valence-corrected chi connectivity index (χ3v) is 11.6. The van der Waals surface area contributed by atoms with Crippen LogP contribution in [0.2, 0.25) is 0 Å². The van der Waals surface area contributed by atoms with Crippen LogP contribution >= 0.6 is 11.3 Å². The van der Waals surface area contributed by atoms with Gasteiger partial charge in [0.1, 0.15) is 0 Å². The normalized spacial score (nSPS) is 13.2. The summed E-state index contributed by atoms with van der Waals surface area (Å²) in [6.45, 7) is 4.61. The van der Waals surface area contributed by atoms with E-state index in [-0.39, 0.29) is 5.41 Å². The molecular formula is C46H31N3S. The van der Waals surface area contributed by atoms with Crippen LogP contribution in [0.15, 0.2) is 152 Å². The molecule has 0 bridgehead atoms. The summed E-state index contributed by atoms with van der Waals surface area (Å²) in [5.74, 6) is 2.00. The van der Waals surface area contributed by atoms with E-state index in [1.807, 2.05) is 29.5 Å². The smallest absolute Gasteiger partial charge is 0.164 e. The Morgan fingerprint density at radius 3 is 1.78 bits per heavy atom. The number of hydrogen-bond donors (Lipinski definition) is 0. The maximum Gasteiger partial charge on any atom is 0.164 e. The quantitative estimate of drug-likeness (QED) is 0.189. The summed E-state index contributed by atoms with van der Waals surface area (Å²) >= 11 is 1.87. The SMILES string of the molecule is CC1(C)c2ccccc2-c2ccc(-c3nc(-c4ccccc4)nc(-c4ccc(-c5cccc6c5ccc5c7ccccc7sc65)cc4)n3)cc21. The highest BCUT2D eigenvalue weighted by atomic mass is 32.1. The summed E-state index contributed by atoms with van der Waals surface area (Å²) in [7, 11) is 0. The Balaban J connectivity index is 1.07. The molecule has 3 nitrogen and oxygen atoms in total. The first-order valence-corrected chi connectivity index (χ1v) is 17.8. The lowest BCUT2D eigenvalue weighted by atomic mass is 9.82. The first-order chi connectivity index (χ1) is 24.5. The van der Waals surface area contributed by atoms with Crippen LogP contribution in [0.4, 0.5) is 0 Å². The fourth-order valence-corrected chi connectivity index (χ4v) is 9.02. The summed E-state index contributed by atoms with van der Waals surface area (Å²) in [5, 5.41) is 5.20. The Morgan fingerprint density at radius 1 is 0.400 bits per heavy atom. The van der Waals surface area contributed by atoms with Crippen LogP contribution < -0.4 is 0 Å². The second kappa shape index (κ2) is 11.0. The van der Waals surface area contributed by atoms with Crippen molar-refractivity contribution in [1.29, 1.82) is 0 Å². The van der Waals surface area contributed by atoms with Gasteiger partial charge < -0.3 is 0 Å². The Morgan fingerprint density at radius 2 is 0.960 bits per heavy atom. The molecule has 50 heavy (non-hydrogen) atoms. The van der Waals surface area contributed by atoms with Crippen molar-refractivity contribution >= 4 is 42.3 Å². The Labute approximate surface area is 294 Å². The topological polar surface area (TPSA) is 38.7 Å². The Kier molecular flexibility index (Phi) is 6.39. The number of hydrogen-bond acceptors (Lipinski definition) is 4. The number of nitrogens with zero attached hydrogens (tertiary/aromatic N) is 3. The molecule has 0 saturated carbocycles. The van der Waals surface area contributed by atoms with Crippen LogP contribution in [0.5, 0.6) is 0 Å². The van der Waals surface area contributed by atoms with E-state index >= 15 is 0 Å². The van der Waals surface area contributed by atoms with Gasteiger partial charge in [-0.1, -0.05) is 153 Å². The van der Waals surface area contributed by atoms with Gasteiger partial charge >= 0.3 is 0 Å². The fourth-order valence-electron chi connectivity index (χ4n) is 7.78. The van der Waals surface area contributed by atoms with Gasteiger partial charge in [-0.05, 0) is 50.9 Å². The molecule has 0 fully saturated rings. The highest BCUT2D eigenvalue weighted by molar-refractivity contribution is 7.26. The molecule has 0 unspecified atom stereocenters. The van der Waals surface area contributed by atoms with Gasteiger partial charge in [0.2, 0.25) is 0 Å². The lowest BCUT2D eigenvalue weighted by Gasteiger charge is -2.21. The molecule has 4 heteroatoms. The average Bonchev–Trinajstić information content (AvgIpc) is 3.67. The monoisotopic (exact) mass is 657 g/mol. The Hall–Kier alpha value is -5.97. The summed E-state index contributed by atoms with van der Waals surface area (Å²) < 4.78 is 2.66. The van der Waals surface area contributed by atoms with Gasteiger partial charge in [0.25, 0.3) is 0 Å². The molecule has 0 saturated heterocycles. The zero-order valence-corrected chi connectivity index (χ0v) is 28.5. The van der Waals surface area contributed by atoms with Crippen LogP contribution in [0.1, 0.15) is 25.0 Å². The average molecular weight is 658 g/mol. The van der Waals surface area contributed by atoms with Crippen molar-refractivity contribution in [2.75, 3.05) is 0 Å². The third-order valence-electron chi connectivity index (χ3n) is 10.4. The predicted octanol–water partition coefficient (Wildman–Crippen LogP) is 12.4. The van der Waals surface area contributed by atoms with Crippen LogP contribution in [-0.4, -0.2) is 15.0 Å². The summed E-state index contributed by atoms with van der Waals surface area (Å²) in [6, 6.07) is 54.2. The minimum Gasteiger partial charge on any atom is -0.208 e. The maximum absolute atomic E-state index is 5.11. The zero-order chi connectivity index (χ0) is 33.4. The largest absolute Gasteiger partial charge is 0.208 e. The molecular weight excluding hydrogens is 627 g/mol. The minimum absolute atomic E-state index is 0.111. The summed E-state index contributed by atoms with van der Waals surface area (Å²) in [4.78, 5) is 15.2. The first kappa shape index (κ1) is 29.0. The van der Waals surface area contributed by atoms with E-state index in [1.54, 1.807) is 0 Å². The van der Waals surface area contributed by atoms with E-state index in [2.05, 4.69) is 147 Å². The molecule has 2 aromatic heterocycles. The number of benzene rings is 7. The van der Waals surface area contributed by atoms with Crippen LogP contribution in [0.3, 0.4) is 0 Å². The standard InChI is InChI=1S/C46H31N3S/c1-46(2)39-17-8-6-13-34(39)35-24-23-31(27-40(35)46)45-48-43(29-11-4-3-5-12-29)47-44(49-45)30-21-19-28(20-22-30)32-15-10-16-37-33(32)25-26-38-36-14-7-9-18-41(36)50-42(37)38/h3-27H,1-2H3. The molecule has 1 aliphatic rings. The number of aromatic nitrogens is 3. The van der Waals surface area contributed by atoms with Crippen molar-refractivity contribution in [3.8, 4) is 56.4 Å². The van der Waals surface area contributed by atoms with Crippen LogP contribution in [0, 0.1) is 0 Å². The van der Waals surface area contributed by atoms with Gasteiger partial charge in [0, 0.05) is 47.7 Å². The van der Waals surface area contributed by atoms with Crippen molar-refractivity contribution in [3.05, 3.63) is 163 Å². The van der Waals surface area contributed by atoms with Gasteiger partial charge in [0.05, 0.1) is 0 Å². The first-order valence-electron chi connectivity index (χ1n) is 17.0. The molecule has 0 amide bonds. The number of thiophene rings is 1. The van der Waals surface area contributed by atoms with E-state index < -0.39 is 0 Å². The van der Waals surface area contributed by atoms with Crippen molar-refractivity contribution in [3.63, 3.8) is 0 Å². The van der Waals surface area contributed by atoms with Crippen molar-refractivity contribution in [2.45, 2.75) is 19.3 Å². The molecule has 0 spiro atoms. The maximum atomic E-state index is 5.11. The molecule has 9 aromatic rings. The highest BCUT2D eigenvalue weighted by Crippen LogP contribution is 2.49. The van der Waals surface area contributed by atoms with Crippen molar-refractivity contribution in [1.82, 2.24) is 15.0 Å². The molecule has 10 rings (SSSR count). The van der Waals surface area contributed by atoms with E-state index in [0.29, 0.717) is 17.5 Å². The van der Waals surface area contributed by atoms with Gasteiger partial charge in [0.15, 0.2) is 17.5 Å². The van der Waals surface area contributed by atoms with Gasteiger partial charge in [-0.3, -0.25) is 0 Å². The molecule has 0 atom stereocenters. The summed E-state index contributed by atoms with van der Waals surface area (Å²) in [6.07, 6.45) is 0. The molecule has 1 aliphatic carbocycles. The van der Waals surface area contributed by atoms with Gasteiger partial charge in [-0.15, -0.1) is 11.3 Å². The van der Waals surface area contributed by atoms with Gasteiger partial charge in [-0.25, -0.2) is 15.0 Å². The molecule has 2 heterocycles. The predicted molar refractivity (Wildman–Crippen MR) is 210 cm³/mol. The van der Waals surface area contributed by atoms with Crippen molar-refractivity contribution < 1.29 is 0 Å². The van der Waals surface area contributed by atoms with E-state index in [0.717, 1.165) is 22.3 Å². The van der Waals surface area contributed by atoms with Gasteiger partial charge in [-0.2, -0.15) is 0 Å². The third kappa shape index (κ3) is 4.45. The van der Waals surface area contributed by atoms with E-state index in [1.165, 1.54) is 58.8 Å². The molecule has 0 aliphatic heterocycles. The fraction of sp³-hybridized carbons (Fsp3) is 0.0652. The molecule has 0 N–H and O–H groups in total. The zero-order valence-electron chi connectivity index (χ0n) is 27.7. The number of fused-ring (bicyclic) bond motifs is 8. The van der Waals surface area contributed by atoms with E-state index in [9.17, 15) is 0 Å². The molecule has 7 aromatic carbocycles. The second-order valence-electron chi connectivity index (χ2n) is 13.6. The molecule has 236 valence electrons. The number of rotatable bonds is 4. The minimum atomic E-state index is -0.111. The second-order valence-corrected chi connectivity index (χ2v) is 14.7. The van der Waals surface area contributed by atoms with Crippen molar-refractivity contribution in [2.24, 2.45) is 0 Å². The van der Waals surface area contributed by atoms with Crippen LogP contribution in [-0.2, 0) is 5.41 Å². The lowest BCUT2D eigenvalue weighted by Crippen LogP contribution is -2.15. The Bertz CT molecular complexity index is 2780. The van der Waals surface area contributed by atoms with Crippen LogP contribution in [0.25, 0.3) is 87.4 Å². The highest BCUT2D eigenvalue weighted by Gasteiger charge is 2.35.